The molecule has 3 rings (SSSR count). The van der Waals surface area contributed by atoms with Crippen LogP contribution in [0.1, 0.15) is 30.9 Å². The number of hydrogen-bond acceptors (Lipinski definition) is 5. The van der Waals surface area contributed by atoms with Gasteiger partial charge in [-0.3, -0.25) is 10.1 Å². The monoisotopic (exact) mass is 335 g/mol. The Hall–Kier alpha value is -1.60. The number of rotatable bonds is 3. The highest BCUT2D eigenvalue weighted by molar-refractivity contribution is 8.14. The molecule has 2 atom stereocenters. The lowest BCUT2D eigenvalue weighted by molar-refractivity contribution is -0.385. The van der Waals surface area contributed by atoms with Crippen molar-refractivity contribution in [3.8, 4) is 0 Å². The SMILES string of the molecule is C[C@@H](O)[C@H]1CSC(=Nc2ccc([N+](=O)[O-])c3c2CCCC3)N1C. The topological polar surface area (TPSA) is 79.0 Å². The molecule has 2 aliphatic rings. The van der Waals surface area contributed by atoms with Gasteiger partial charge >= 0.3 is 0 Å². The van der Waals surface area contributed by atoms with Crippen LogP contribution in [0.2, 0.25) is 0 Å². The van der Waals surface area contributed by atoms with Crippen LogP contribution in [0.15, 0.2) is 17.1 Å². The van der Waals surface area contributed by atoms with Crippen LogP contribution >= 0.6 is 11.8 Å². The fourth-order valence-corrected chi connectivity index (χ4v) is 4.62. The van der Waals surface area contributed by atoms with E-state index < -0.39 is 6.10 Å². The number of amidine groups is 1. The molecule has 1 aliphatic carbocycles. The van der Waals surface area contributed by atoms with E-state index in [9.17, 15) is 15.2 Å². The molecule has 1 N–H and O–H groups in total. The van der Waals surface area contributed by atoms with Crippen LogP contribution in [0.4, 0.5) is 11.4 Å². The van der Waals surface area contributed by atoms with Gasteiger partial charge in [0.15, 0.2) is 5.17 Å². The second kappa shape index (κ2) is 6.49. The van der Waals surface area contributed by atoms with Gasteiger partial charge in [0, 0.05) is 24.4 Å². The number of benzene rings is 1. The lowest BCUT2D eigenvalue weighted by Gasteiger charge is -2.23. The normalized spacial score (nSPS) is 23.9. The van der Waals surface area contributed by atoms with Crippen molar-refractivity contribution in [2.45, 2.75) is 44.8 Å². The van der Waals surface area contributed by atoms with Crippen molar-refractivity contribution in [3.05, 3.63) is 33.4 Å². The highest BCUT2D eigenvalue weighted by Crippen LogP contribution is 2.37. The summed E-state index contributed by atoms with van der Waals surface area (Å²) in [6.07, 6.45) is 3.23. The highest BCUT2D eigenvalue weighted by atomic mass is 32.2. The maximum Gasteiger partial charge on any atom is 0.273 e. The highest BCUT2D eigenvalue weighted by Gasteiger charge is 2.31. The van der Waals surface area contributed by atoms with Crippen molar-refractivity contribution in [1.29, 1.82) is 0 Å². The summed E-state index contributed by atoms with van der Waals surface area (Å²) < 4.78 is 0. The number of nitro groups is 1. The van der Waals surface area contributed by atoms with Crippen LogP contribution in [-0.2, 0) is 12.8 Å². The van der Waals surface area contributed by atoms with Crippen molar-refractivity contribution in [1.82, 2.24) is 4.90 Å². The molecule has 0 saturated carbocycles. The molecule has 0 amide bonds. The van der Waals surface area contributed by atoms with Gasteiger partial charge in [0.25, 0.3) is 5.69 Å². The molecule has 124 valence electrons. The van der Waals surface area contributed by atoms with E-state index in [-0.39, 0.29) is 16.7 Å². The van der Waals surface area contributed by atoms with E-state index in [0.717, 1.165) is 53.4 Å². The number of hydrogen-bond donors (Lipinski definition) is 1. The van der Waals surface area contributed by atoms with Crippen LogP contribution in [0.5, 0.6) is 0 Å². The van der Waals surface area contributed by atoms with Crippen molar-refractivity contribution >= 4 is 28.3 Å². The Kier molecular flexibility index (Phi) is 4.59. The minimum atomic E-state index is -0.411. The lowest BCUT2D eigenvalue weighted by atomic mass is 9.89. The predicted octanol–water partition coefficient (Wildman–Crippen LogP) is 2.89. The summed E-state index contributed by atoms with van der Waals surface area (Å²) in [6, 6.07) is 3.40. The summed E-state index contributed by atoms with van der Waals surface area (Å²) in [5.41, 5.74) is 2.93. The van der Waals surface area contributed by atoms with Crippen LogP contribution in [-0.4, -0.2) is 45.0 Å². The summed E-state index contributed by atoms with van der Waals surface area (Å²) in [4.78, 5) is 17.7. The van der Waals surface area contributed by atoms with Gasteiger partial charge < -0.3 is 10.0 Å². The molecule has 1 aromatic carbocycles. The average Bonchev–Trinajstić information content (AvgIpc) is 2.88. The molecule has 1 fully saturated rings. The number of fused-ring (bicyclic) bond motifs is 1. The van der Waals surface area contributed by atoms with Gasteiger partial charge in [-0.1, -0.05) is 11.8 Å². The van der Waals surface area contributed by atoms with Crippen LogP contribution < -0.4 is 0 Å². The van der Waals surface area contributed by atoms with Crippen molar-refractivity contribution in [2.24, 2.45) is 4.99 Å². The smallest absolute Gasteiger partial charge is 0.273 e. The third kappa shape index (κ3) is 3.07. The average molecular weight is 335 g/mol. The third-order valence-corrected chi connectivity index (χ3v) is 5.78. The standard InChI is InChI=1S/C16H21N3O3S/c1-10(20)15-9-23-16(18(15)2)17-13-7-8-14(19(21)22)12-6-4-3-5-11(12)13/h7-8,10,15,20H,3-6,9H2,1-2H3/t10-,15-/m1/s1. The predicted molar refractivity (Wildman–Crippen MR) is 92.5 cm³/mol. The van der Waals surface area contributed by atoms with Crippen LogP contribution in [0.3, 0.4) is 0 Å². The first kappa shape index (κ1) is 16.3. The zero-order valence-electron chi connectivity index (χ0n) is 13.4. The number of nitro benzene ring substituents is 1. The molecule has 7 heteroatoms. The first-order chi connectivity index (χ1) is 11.0. The van der Waals surface area contributed by atoms with Gasteiger partial charge in [0.05, 0.1) is 22.8 Å². The van der Waals surface area contributed by atoms with Crippen molar-refractivity contribution in [3.63, 3.8) is 0 Å². The summed E-state index contributed by atoms with van der Waals surface area (Å²) >= 11 is 1.62. The Morgan fingerprint density at radius 3 is 2.70 bits per heavy atom. The summed E-state index contributed by atoms with van der Waals surface area (Å²) in [6.45, 7) is 1.79. The van der Waals surface area contributed by atoms with Gasteiger partial charge in [0.1, 0.15) is 0 Å². The molecule has 0 spiro atoms. The molecule has 1 heterocycles. The molecule has 0 unspecified atom stereocenters. The Labute approximate surface area is 139 Å². The molecule has 0 radical (unpaired) electrons. The zero-order valence-corrected chi connectivity index (χ0v) is 14.2. The second-order valence-corrected chi connectivity index (χ2v) is 7.14. The maximum absolute atomic E-state index is 11.2. The van der Waals surface area contributed by atoms with Crippen LogP contribution in [0.25, 0.3) is 0 Å². The minimum absolute atomic E-state index is 0.0626. The van der Waals surface area contributed by atoms with E-state index in [0.29, 0.717) is 0 Å². The molecule has 6 nitrogen and oxygen atoms in total. The number of aliphatic hydroxyl groups is 1. The zero-order chi connectivity index (χ0) is 16.6. The number of aliphatic hydroxyl groups excluding tert-OH is 1. The Balaban J connectivity index is 1.98. The second-order valence-electron chi connectivity index (χ2n) is 6.15. The van der Waals surface area contributed by atoms with Gasteiger partial charge in [-0.15, -0.1) is 0 Å². The Morgan fingerprint density at radius 1 is 1.39 bits per heavy atom. The number of nitrogens with zero attached hydrogens (tertiary/aromatic N) is 3. The third-order valence-electron chi connectivity index (χ3n) is 4.64. The van der Waals surface area contributed by atoms with Crippen molar-refractivity contribution < 1.29 is 10.0 Å². The first-order valence-electron chi connectivity index (χ1n) is 7.90. The number of likely N-dealkylation sites (N-methyl/N-ethyl adjacent to an activating group) is 1. The van der Waals surface area contributed by atoms with E-state index in [1.807, 2.05) is 11.9 Å². The molecular weight excluding hydrogens is 314 g/mol. The quantitative estimate of drug-likeness (QED) is 0.679. The summed E-state index contributed by atoms with van der Waals surface area (Å²) in [7, 11) is 1.94. The molecule has 0 bridgehead atoms. The van der Waals surface area contributed by atoms with Gasteiger partial charge in [-0.25, -0.2) is 4.99 Å². The molecular formula is C16H21N3O3S. The van der Waals surface area contributed by atoms with Crippen molar-refractivity contribution in [2.75, 3.05) is 12.8 Å². The van der Waals surface area contributed by atoms with E-state index in [1.54, 1.807) is 30.8 Å². The van der Waals surface area contributed by atoms with E-state index in [2.05, 4.69) is 0 Å². The van der Waals surface area contributed by atoms with Gasteiger partial charge in [-0.2, -0.15) is 0 Å². The lowest BCUT2D eigenvalue weighted by Crippen LogP contribution is -2.38. The maximum atomic E-state index is 11.2. The molecule has 1 saturated heterocycles. The number of aliphatic imine (C=N–C) groups is 1. The Morgan fingerprint density at radius 2 is 2.09 bits per heavy atom. The summed E-state index contributed by atoms with van der Waals surface area (Å²) in [5.74, 6) is 0.808. The summed E-state index contributed by atoms with van der Waals surface area (Å²) in [5, 5.41) is 21.9. The largest absolute Gasteiger partial charge is 0.391 e. The molecule has 1 aromatic rings. The van der Waals surface area contributed by atoms with Crippen LogP contribution in [0, 0.1) is 10.1 Å². The first-order valence-corrected chi connectivity index (χ1v) is 8.89. The molecule has 0 aromatic heterocycles. The van der Waals surface area contributed by atoms with E-state index in [1.165, 1.54) is 0 Å². The fraction of sp³-hybridized carbons (Fsp3) is 0.562. The fourth-order valence-electron chi connectivity index (χ4n) is 3.30. The number of thioether (sulfide) groups is 1. The van der Waals surface area contributed by atoms with Gasteiger partial charge in [-0.05, 0) is 44.2 Å². The van der Waals surface area contributed by atoms with E-state index in [4.69, 9.17) is 4.99 Å². The molecule has 1 aliphatic heterocycles. The Bertz CT molecular complexity index is 660. The van der Waals surface area contributed by atoms with E-state index >= 15 is 0 Å². The minimum Gasteiger partial charge on any atom is -0.391 e. The van der Waals surface area contributed by atoms with Gasteiger partial charge in [0.2, 0.25) is 0 Å². The molecule has 23 heavy (non-hydrogen) atoms.